The molecule has 1 aromatic heterocycles. The fraction of sp³-hybridized carbons (Fsp3) is 0.455. The molecule has 94 valence electrons. The van der Waals surface area contributed by atoms with Crippen LogP contribution >= 0.6 is 23.1 Å². The zero-order chi connectivity index (χ0) is 12.7. The molecule has 0 aliphatic carbocycles. The number of thiophene rings is 1. The van der Waals surface area contributed by atoms with Gasteiger partial charge in [-0.05, 0) is 29.9 Å². The molecule has 0 aromatic carbocycles. The number of carbonyl (C=O) groups excluding carboxylic acids is 1. The Balaban J connectivity index is 2.52. The van der Waals surface area contributed by atoms with Crippen molar-refractivity contribution in [3.05, 3.63) is 22.4 Å². The zero-order valence-corrected chi connectivity index (χ0v) is 11.1. The van der Waals surface area contributed by atoms with Gasteiger partial charge in [-0.3, -0.25) is 9.59 Å². The van der Waals surface area contributed by atoms with Crippen molar-refractivity contribution in [2.45, 2.75) is 18.9 Å². The number of aliphatic carboxylic acids is 1. The van der Waals surface area contributed by atoms with E-state index in [-0.39, 0.29) is 18.4 Å². The molecule has 0 aliphatic heterocycles. The van der Waals surface area contributed by atoms with Crippen LogP contribution in [0.4, 0.5) is 0 Å². The molecule has 17 heavy (non-hydrogen) atoms. The summed E-state index contributed by atoms with van der Waals surface area (Å²) < 4.78 is 0. The summed E-state index contributed by atoms with van der Waals surface area (Å²) in [4.78, 5) is 23.1. The topological polar surface area (TPSA) is 66.4 Å². The van der Waals surface area contributed by atoms with Gasteiger partial charge in [0.05, 0.1) is 11.3 Å². The number of carboxylic acid groups (broad SMARTS) is 1. The number of hydrogen-bond acceptors (Lipinski definition) is 4. The van der Waals surface area contributed by atoms with Gasteiger partial charge in [0.25, 0.3) is 5.91 Å². The molecule has 1 unspecified atom stereocenters. The first kappa shape index (κ1) is 14.1. The van der Waals surface area contributed by atoms with E-state index in [2.05, 4.69) is 5.32 Å². The Morgan fingerprint density at radius 2 is 2.35 bits per heavy atom. The predicted octanol–water partition coefficient (Wildman–Crippen LogP) is 2.07. The van der Waals surface area contributed by atoms with Crippen molar-refractivity contribution in [1.29, 1.82) is 0 Å². The Bertz CT molecular complexity index is 365. The third-order valence-electron chi connectivity index (χ3n) is 2.17. The second-order valence-electron chi connectivity index (χ2n) is 3.53. The molecule has 2 N–H and O–H groups in total. The Morgan fingerprint density at radius 3 is 2.88 bits per heavy atom. The van der Waals surface area contributed by atoms with Crippen molar-refractivity contribution >= 4 is 35.0 Å². The molecular formula is C11H15NO3S2. The molecule has 0 saturated carbocycles. The standard InChI is InChI=1S/C11H15NO3S2/c1-16-6-4-8(7-10(13)14)12-11(15)9-3-2-5-17-9/h2-3,5,8H,4,6-7H2,1H3,(H,12,15)(H,13,14). The van der Waals surface area contributed by atoms with Crippen LogP contribution in [0.2, 0.25) is 0 Å². The van der Waals surface area contributed by atoms with E-state index in [1.165, 1.54) is 11.3 Å². The minimum absolute atomic E-state index is 0.0301. The zero-order valence-electron chi connectivity index (χ0n) is 9.51. The number of nitrogens with one attached hydrogen (secondary N) is 1. The highest BCUT2D eigenvalue weighted by Gasteiger charge is 2.16. The van der Waals surface area contributed by atoms with Crippen LogP contribution in [0.1, 0.15) is 22.5 Å². The lowest BCUT2D eigenvalue weighted by Crippen LogP contribution is -2.36. The summed E-state index contributed by atoms with van der Waals surface area (Å²) in [6, 6.07) is 3.23. The maximum absolute atomic E-state index is 11.8. The Hall–Kier alpha value is -1.01. The molecule has 1 heterocycles. The largest absolute Gasteiger partial charge is 0.481 e. The molecule has 1 rings (SSSR count). The highest BCUT2D eigenvalue weighted by molar-refractivity contribution is 7.98. The van der Waals surface area contributed by atoms with Crippen LogP contribution in [0.5, 0.6) is 0 Å². The fourth-order valence-electron chi connectivity index (χ4n) is 1.36. The third kappa shape index (κ3) is 5.23. The second kappa shape index (κ2) is 7.34. The predicted molar refractivity (Wildman–Crippen MR) is 70.8 cm³/mol. The molecule has 0 aliphatic rings. The van der Waals surface area contributed by atoms with Crippen molar-refractivity contribution < 1.29 is 14.7 Å². The van der Waals surface area contributed by atoms with Gasteiger partial charge in [-0.25, -0.2) is 0 Å². The number of carboxylic acids is 1. The summed E-state index contributed by atoms with van der Waals surface area (Å²) in [6.45, 7) is 0. The van der Waals surface area contributed by atoms with E-state index in [9.17, 15) is 9.59 Å². The molecule has 1 amide bonds. The monoisotopic (exact) mass is 273 g/mol. The van der Waals surface area contributed by atoms with E-state index in [0.717, 1.165) is 5.75 Å². The molecule has 0 saturated heterocycles. The second-order valence-corrected chi connectivity index (χ2v) is 5.46. The average molecular weight is 273 g/mol. The summed E-state index contributed by atoms with van der Waals surface area (Å²) in [5, 5.41) is 13.4. The van der Waals surface area contributed by atoms with Crippen molar-refractivity contribution in [3.8, 4) is 0 Å². The Morgan fingerprint density at radius 1 is 1.59 bits per heavy atom. The number of amides is 1. The maximum atomic E-state index is 11.8. The van der Waals surface area contributed by atoms with Crippen molar-refractivity contribution in [2.24, 2.45) is 0 Å². The third-order valence-corrected chi connectivity index (χ3v) is 3.68. The number of thioether (sulfide) groups is 1. The fourth-order valence-corrected chi connectivity index (χ4v) is 2.51. The quantitative estimate of drug-likeness (QED) is 0.798. The van der Waals surface area contributed by atoms with E-state index in [1.54, 1.807) is 23.9 Å². The molecule has 0 fully saturated rings. The van der Waals surface area contributed by atoms with E-state index < -0.39 is 5.97 Å². The first-order valence-electron chi connectivity index (χ1n) is 5.18. The van der Waals surface area contributed by atoms with Gasteiger partial charge in [0.1, 0.15) is 0 Å². The molecule has 0 spiro atoms. The van der Waals surface area contributed by atoms with E-state index in [0.29, 0.717) is 11.3 Å². The van der Waals surface area contributed by atoms with Gasteiger partial charge in [-0.1, -0.05) is 6.07 Å². The maximum Gasteiger partial charge on any atom is 0.305 e. The number of hydrogen-bond donors (Lipinski definition) is 2. The minimum Gasteiger partial charge on any atom is -0.481 e. The highest BCUT2D eigenvalue weighted by Crippen LogP contribution is 2.10. The van der Waals surface area contributed by atoms with E-state index in [4.69, 9.17) is 5.11 Å². The van der Waals surface area contributed by atoms with Gasteiger partial charge in [0.2, 0.25) is 0 Å². The van der Waals surface area contributed by atoms with Crippen molar-refractivity contribution in [3.63, 3.8) is 0 Å². The molecule has 1 atom stereocenters. The van der Waals surface area contributed by atoms with E-state index >= 15 is 0 Å². The van der Waals surface area contributed by atoms with E-state index in [1.807, 2.05) is 11.6 Å². The summed E-state index contributed by atoms with van der Waals surface area (Å²) in [5.41, 5.74) is 0. The van der Waals surface area contributed by atoms with Gasteiger partial charge in [0.15, 0.2) is 0 Å². The van der Waals surface area contributed by atoms with Crippen molar-refractivity contribution in [2.75, 3.05) is 12.0 Å². The normalized spacial score (nSPS) is 12.1. The van der Waals surface area contributed by atoms with Gasteiger partial charge in [-0.15, -0.1) is 11.3 Å². The molecule has 4 nitrogen and oxygen atoms in total. The summed E-state index contributed by atoms with van der Waals surface area (Å²) in [6.07, 6.45) is 2.60. The summed E-state index contributed by atoms with van der Waals surface area (Å²) in [7, 11) is 0. The van der Waals surface area contributed by atoms with Crippen LogP contribution in [-0.2, 0) is 4.79 Å². The van der Waals surface area contributed by atoms with Crippen LogP contribution < -0.4 is 5.32 Å². The lowest BCUT2D eigenvalue weighted by molar-refractivity contribution is -0.137. The average Bonchev–Trinajstić information content (AvgIpc) is 2.78. The highest BCUT2D eigenvalue weighted by atomic mass is 32.2. The lowest BCUT2D eigenvalue weighted by Gasteiger charge is -2.15. The van der Waals surface area contributed by atoms with Crippen LogP contribution in [0.25, 0.3) is 0 Å². The number of rotatable bonds is 7. The molecular weight excluding hydrogens is 258 g/mol. The van der Waals surface area contributed by atoms with Crippen LogP contribution in [0.15, 0.2) is 17.5 Å². The van der Waals surface area contributed by atoms with Crippen LogP contribution in [0.3, 0.4) is 0 Å². The van der Waals surface area contributed by atoms with Gasteiger partial charge < -0.3 is 10.4 Å². The molecule has 0 radical (unpaired) electrons. The van der Waals surface area contributed by atoms with Gasteiger partial charge in [-0.2, -0.15) is 11.8 Å². The number of carbonyl (C=O) groups is 2. The SMILES string of the molecule is CSCCC(CC(=O)O)NC(=O)c1cccs1. The van der Waals surface area contributed by atoms with Crippen LogP contribution in [-0.4, -0.2) is 35.0 Å². The molecule has 6 heteroatoms. The summed E-state index contributed by atoms with van der Waals surface area (Å²) in [5.74, 6) is -0.238. The first-order valence-corrected chi connectivity index (χ1v) is 7.46. The summed E-state index contributed by atoms with van der Waals surface area (Å²) >= 11 is 2.99. The molecule has 0 bridgehead atoms. The minimum atomic E-state index is -0.886. The van der Waals surface area contributed by atoms with Gasteiger partial charge >= 0.3 is 5.97 Å². The van der Waals surface area contributed by atoms with Gasteiger partial charge in [0, 0.05) is 6.04 Å². The van der Waals surface area contributed by atoms with Crippen LogP contribution in [0, 0.1) is 0 Å². The Labute approximate surface area is 108 Å². The lowest BCUT2D eigenvalue weighted by atomic mass is 10.1. The van der Waals surface area contributed by atoms with Crippen molar-refractivity contribution in [1.82, 2.24) is 5.32 Å². The smallest absolute Gasteiger partial charge is 0.305 e. The Kier molecular flexibility index (Phi) is 6.07. The first-order chi connectivity index (χ1) is 8.13. The molecule has 1 aromatic rings.